The molecule has 6 heteroatoms. The Balaban J connectivity index is 3.70. The van der Waals surface area contributed by atoms with Gasteiger partial charge in [-0.3, -0.25) is 11.3 Å². The molecule has 0 amide bonds. The van der Waals surface area contributed by atoms with Gasteiger partial charge in [0.15, 0.2) is 0 Å². The number of rotatable bonds is 5. The second kappa shape index (κ2) is 5.42. The minimum Gasteiger partial charge on any atom is -0.394 e. The molecule has 0 heterocycles. The third-order valence-corrected chi connectivity index (χ3v) is 1.30. The van der Waals surface area contributed by atoms with Crippen LogP contribution < -0.4 is 11.3 Å². The van der Waals surface area contributed by atoms with Crippen molar-refractivity contribution in [2.45, 2.75) is 18.3 Å². The maximum Gasteiger partial charge on any atom is 0.109 e. The molecule has 11 heavy (non-hydrogen) atoms. The molecular formula is C5H14N2O4. The molecule has 0 aromatic heterocycles. The van der Waals surface area contributed by atoms with Gasteiger partial charge < -0.3 is 20.4 Å². The number of nitrogens with one attached hydrogen (secondary N) is 1. The predicted molar refractivity (Wildman–Crippen MR) is 37.3 cm³/mol. The number of nitrogens with two attached hydrogens (primary N) is 1. The van der Waals surface area contributed by atoms with Crippen LogP contribution in [0.1, 0.15) is 0 Å². The summed E-state index contributed by atoms with van der Waals surface area (Å²) < 4.78 is 0. The van der Waals surface area contributed by atoms with Crippen LogP contribution in [-0.2, 0) is 0 Å². The first-order valence-corrected chi connectivity index (χ1v) is 3.22. The van der Waals surface area contributed by atoms with Gasteiger partial charge in [0, 0.05) is 6.54 Å². The van der Waals surface area contributed by atoms with E-state index >= 15 is 0 Å². The van der Waals surface area contributed by atoms with Gasteiger partial charge in [0.1, 0.15) is 12.2 Å². The quantitative estimate of drug-likeness (QED) is 0.186. The van der Waals surface area contributed by atoms with Gasteiger partial charge in [0.2, 0.25) is 0 Å². The minimum absolute atomic E-state index is 0.0434. The SMILES string of the molecule is NNCC(O)C(O)C(O)CO. The summed E-state index contributed by atoms with van der Waals surface area (Å²) in [6.45, 7) is -0.638. The molecule has 0 aromatic carbocycles. The zero-order valence-electron chi connectivity index (χ0n) is 6.01. The van der Waals surface area contributed by atoms with E-state index < -0.39 is 24.9 Å². The molecule has 0 spiro atoms. The summed E-state index contributed by atoms with van der Waals surface area (Å²) in [4.78, 5) is 0. The molecule has 6 nitrogen and oxygen atoms in total. The zero-order chi connectivity index (χ0) is 8.85. The number of hydrazine groups is 1. The van der Waals surface area contributed by atoms with E-state index in [0.29, 0.717) is 0 Å². The third-order valence-electron chi connectivity index (χ3n) is 1.30. The summed E-state index contributed by atoms with van der Waals surface area (Å²) in [5, 5.41) is 35.1. The lowest BCUT2D eigenvalue weighted by Gasteiger charge is -2.20. The highest BCUT2D eigenvalue weighted by Crippen LogP contribution is 1.97. The van der Waals surface area contributed by atoms with Gasteiger partial charge in [0.05, 0.1) is 12.7 Å². The first-order chi connectivity index (χ1) is 5.13. The maximum atomic E-state index is 8.96. The Morgan fingerprint density at radius 3 is 2.09 bits per heavy atom. The van der Waals surface area contributed by atoms with E-state index in [1.807, 2.05) is 0 Å². The van der Waals surface area contributed by atoms with Crippen molar-refractivity contribution in [3.63, 3.8) is 0 Å². The van der Waals surface area contributed by atoms with E-state index in [0.717, 1.165) is 0 Å². The van der Waals surface area contributed by atoms with Crippen molar-refractivity contribution in [1.29, 1.82) is 0 Å². The van der Waals surface area contributed by atoms with Crippen molar-refractivity contribution in [2.75, 3.05) is 13.2 Å². The molecule has 3 unspecified atom stereocenters. The maximum absolute atomic E-state index is 8.96. The Morgan fingerprint density at radius 2 is 1.73 bits per heavy atom. The molecule has 0 aliphatic heterocycles. The largest absolute Gasteiger partial charge is 0.394 e. The fourth-order valence-electron chi connectivity index (χ4n) is 0.606. The Labute approximate surface area is 64.2 Å². The van der Waals surface area contributed by atoms with Gasteiger partial charge in [-0.15, -0.1) is 0 Å². The lowest BCUT2D eigenvalue weighted by molar-refractivity contribution is -0.0749. The molecular weight excluding hydrogens is 152 g/mol. The van der Waals surface area contributed by atoms with Gasteiger partial charge in [-0.2, -0.15) is 0 Å². The van der Waals surface area contributed by atoms with Crippen LogP contribution in [-0.4, -0.2) is 51.9 Å². The van der Waals surface area contributed by atoms with E-state index in [4.69, 9.17) is 26.3 Å². The van der Waals surface area contributed by atoms with Crippen molar-refractivity contribution >= 4 is 0 Å². The molecule has 0 saturated heterocycles. The molecule has 0 saturated carbocycles. The molecule has 0 rings (SSSR count). The Kier molecular flexibility index (Phi) is 5.30. The van der Waals surface area contributed by atoms with Crippen LogP contribution in [0, 0.1) is 0 Å². The third kappa shape index (κ3) is 3.61. The van der Waals surface area contributed by atoms with Gasteiger partial charge in [-0.25, -0.2) is 0 Å². The van der Waals surface area contributed by atoms with Crippen LogP contribution in [0.2, 0.25) is 0 Å². The average Bonchev–Trinajstić information content (AvgIpc) is 2.02. The molecule has 68 valence electrons. The van der Waals surface area contributed by atoms with Crippen molar-refractivity contribution in [3.05, 3.63) is 0 Å². The average molecular weight is 166 g/mol. The first kappa shape index (κ1) is 10.8. The summed E-state index contributed by atoms with van der Waals surface area (Å²) in [6.07, 6.45) is -3.89. The summed E-state index contributed by atoms with van der Waals surface area (Å²) >= 11 is 0. The van der Waals surface area contributed by atoms with E-state index in [-0.39, 0.29) is 6.54 Å². The second-order valence-corrected chi connectivity index (χ2v) is 2.22. The highest BCUT2D eigenvalue weighted by atomic mass is 16.4. The topological polar surface area (TPSA) is 119 Å². The van der Waals surface area contributed by atoms with Crippen LogP contribution in [0.3, 0.4) is 0 Å². The van der Waals surface area contributed by atoms with E-state index in [2.05, 4.69) is 5.43 Å². The highest BCUT2D eigenvalue weighted by Gasteiger charge is 2.22. The summed E-state index contributed by atoms with van der Waals surface area (Å²) in [5.41, 5.74) is 2.12. The molecule has 0 aliphatic carbocycles. The molecule has 0 aliphatic rings. The molecule has 0 bridgehead atoms. The van der Waals surface area contributed by atoms with Gasteiger partial charge >= 0.3 is 0 Å². The van der Waals surface area contributed by atoms with E-state index in [1.165, 1.54) is 0 Å². The normalized spacial score (nSPS) is 19.4. The lowest BCUT2D eigenvalue weighted by atomic mass is 10.1. The Morgan fingerprint density at radius 1 is 1.18 bits per heavy atom. The predicted octanol–water partition coefficient (Wildman–Crippen LogP) is -3.48. The van der Waals surface area contributed by atoms with E-state index in [9.17, 15) is 0 Å². The highest BCUT2D eigenvalue weighted by molar-refractivity contribution is 4.75. The summed E-state index contributed by atoms with van der Waals surface area (Å²) in [6, 6.07) is 0. The first-order valence-electron chi connectivity index (χ1n) is 3.22. The van der Waals surface area contributed by atoms with Crippen molar-refractivity contribution in [2.24, 2.45) is 5.84 Å². The lowest BCUT2D eigenvalue weighted by Crippen LogP contribution is -2.46. The number of aliphatic hydroxyl groups excluding tert-OH is 4. The fraction of sp³-hybridized carbons (Fsp3) is 1.00. The number of hydrogen-bond donors (Lipinski definition) is 6. The van der Waals surface area contributed by atoms with Crippen molar-refractivity contribution in [3.8, 4) is 0 Å². The smallest absolute Gasteiger partial charge is 0.109 e. The van der Waals surface area contributed by atoms with Crippen LogP contribution in [0.25, 0.3) is 0 Å². The van der Waals surface area contributed by atoms with Crippen LogP contribution in [0.15, 0.2) is 0 Å². The second-order valence-electron chi connectivity index (χ2n) is 2.22. The number of hydrogen-bond acceptors (Lipinski definition) is 6. The molecule has 0 fully saturated rings. The number of aliphatic hydroxyl groups is 4. The van der Waals surface area contributed by atoms with Crippen LogP contribution in [0.5, 0.6) is 0 Å². The Hall–Kier alpha value is -0.240. The molecule has 0 radical (unpaired) electrons. The van der Waals surface area contributed by atoms with Gasteiger partial charge in [0.25, 0.3) is 0 Å². The molecule has 7 N–H and O–H groups in total. The minimum atomic E-state index is -1.38. The standard InChI is InChI=1S/C5H14N2O4/c6-7-1-3(9)5(11)4(10)2-8/h3-5,7-11H,1-2,6H2. The monoisotopic (exact) mass is 166 g/mol. The van der Waals surface area contributed by atoms with Crippen molar-refractivity contribution in [1.82, 2.24) is 5.43 Å². The Bertz CT molecular complexity index is 102. The molecule has 3 atom stereocenters. The molecule has 0 aromatic rings. The van der Waals surface area contributed by atoms with Gasteiger partial charge in [-0.05, 0) is 0 Å². The van der Waals surface area contributed by atoms with Crippen LogP contribution >= 0.6 is 0 Å². The zero-order valence-corrected chi connectivity index (χ0v) is 6.01. The summed E-state index contributed by atoms with van der Waals surface area (Å²) in [5.74, 6) is 4.84. The van der Waals surface area contributed by atoms with Crippen LogP contribution in [0.4, 0.5) is 0 Å². The fourth-order valence-corrected chi connectivity index (χ4v) is 0.606. The van der Waals surface area contributed by atoms with Crippen molar-refractivity contribution < 1.29 is 20.4 Å². The summed E-state index contributed by atoms with van der Waals surface area (Å²) in [7, 11) is 0. The van der Waals surface area contributed by atoms with Gasteiger partial charge in [-0.1, -0.05) is 0 Å². The van der Waals surface area contributed by atoms with E-state index in [1.54, 1.807) is 0 Å².